The standard InChI is InChI=1S/C15H22BrN5/c1-3-14(4-2)21-6-5-13(20-21)8-15(19-17)11-7-12(16)10-18-9-11/h5-7,9-10,14-15,19H,3-4,8,17H2,1-2H3. The number of rotatable bonds is 7. The van der Waals surface area contributed by atoms with Crippen LogP contribution in [0.1, 0.15) is 50.0 Å². The van der Waals surface area contributed by atoms with Crippen LogP contribution in [-0.2, 0) is 6.42 Å². The average molecular weight is 352 g/mol. The molecule has 2 aromatic rings. The van der Waals surface area contributed by atoms with Gasteiger partial charge in [-0.1, -0.05) is 13.8 Å². The van der Waals surface area contributed by atoms with E-state index < -0.39 is 0 Å². The van der Waals surface area contributed by atoms with Gasteiger partial charge in [-0.15, -0.1) is 0 Å². The summed E-state index contributed by atoms with van der Waals surface area (Å²) >= 11 is 3.44. The number of pyridine rings is 1. The first-order valence-corrected chi connectivity index (χ1v) is 8.07. The Balaban J connectivity index is 2.12. The van der Waals surface area contributed by atoms with Gasteiger partial charge in [-0.3, -0.25) is 20.9 Å². The Labute approximate surface area is 134 Å². The van der Waals surface area contributed by atoms with Gasteiger partial charge >= 0.3 is 0 Å². The lowest BCUT2D eigenvalue weighted by atomic mass is 10.1. The van der Waals surface area contributed by atoms with E-state index in [1.54, 1.807) is 6.20 Å². The summed E-state index contributed by atoms with van der Waals surface area (Å²) in [5.41, 5.74) is 4.93. The molecule has 2 aromatic heterocycles. The molecule has 2 rings (SSSR count). The zero-order valence-electron chi connectivity index (χ0n) is 12.5. The topological polar surface area (TPSA) is 68.8 Å². The molecule has 0 saturated carbocycles. The lowest BCUT2D eigenvalue weighted by Crippen LogP contribution is -2.29. The highest BCUT2D eigenvalue weighted by molar-refractivity contribution is 9.10. The molecule has 1 unspecified atom stereocenters. The van der Waals surface area contributed by atoms with Crippen molar-refractivity contribution in [3.05, 3.63) is 46.5 Å². The lowest BCUT2D eigenvalue weighted by Gasteiger charge is -2.15. The Morgan fingerprint density at radius 2 is 2.10 bits per heavy atom. The summed E-state index contributed by atoms with van der Waals surface area (Å²) in [4.78, 5) is 4.19. The van der Waals surface area contributed by atoms with Crippen LogP contribution in [0.25, 0.3) is 0 Å². The van der Waals surface area contributed by atoms with E-state index in [2.05, 4.69) is 62.2 Å². The van der Waals surface area contributed by atoms with Crippen molar-refractivity contribution in [1.29, 1.82) is 0 Å². The Bertz CT molecular complexity index is 565. The van der Waals surface area contributed by atoms with Gasteiger partial charge in [0.05, 0.1) is 17.8 Å². The van der Waals surface area contributed by atoms with Crippen molar-refractivity contribution in [3.8, 4) is 0 Å². The van der Waals surface area contributed by atoms with Crippen LogP contribution >= 0.6 is 15.9 Å². The van der Waals surface area contributed by atoms with Gasteiger partial charge in [0.15, 0.2) is 0 Å². The van der Waals surface area contributed by atoms with E-state index in [-0.39, 0.29) is 6.04 Å². The second kappa shape index (κ2) is 7.68. The van der Waals surface area contributed by atoms with E-state index in [1.807, 2.05) is 12.3 Å². The van der Waals surface area contributed by atoms with Crippen molar-refractivity contribution in [2.75, 3.05) is 0 Å². The van der Waals surface area contributed by atoms with Gasteiger partial charge in [-0.2, -0.15) is 5.10 Å². The van der Waals surface area contributed by atoms with Crippen LogP contribution in [-0.4, -0.2) is 14.8 Å². The monoisotopic (exact) mass is 351 g/mol. The van der Waals surface area contributed by atoms with Crippen LogP contribution in [0, 0.1) is 0 Å². The quantitative estimate of drug-likeness (QED) is 0.593. The molecule has 6 heteroatoms. The molecule has 2 heterocycles. The molecule has 21 heavy (non-hydrogen) atoms. The van der Waals surface area contributed by atoms with Gasteiger partial charge in [0.25, 0.3) is 0 Å². The molecule has 0 radical (unpaired) electrons. The van der Waals surface area contributed by atoms with E-state index in [4.69, 9.17) is 5.84 Å². The summed E-state index contributed by atoms with van der Waals surface area (Å²) < 4.78 is 3.00. The van der Waals surface area contributed by atoms with E-state index in [1.165, 1.54) is 0 Å². The Hall–Kier alpha value is -1.24. The van der Waals surface area contributed by atoms with Crippen LogP contribution in [0.3, 0.4) is 0 Å². The summed E-state index contributed by atoms with van der Waals surface area (Å²) in [5, 5.41) is 4.68. The lowest BCUT2D eigenvalue weighted by molar-refractivity contribution is 0.422. The van der Waals surface area contributed by atoms with Gasteiger partial charge in [0.1, 0.15) is 0 Å². The molecule has 3 N–H and O–H groups in total. The van der Waals surface area contributed by atoms with Crippen LogP contribution in [0.4, 0.5) is 0 Å². The number of hydrazine groups is 1. The number of nitrogens with one attached hydrogen (secondary N) is 1. The third-order valence-electron chi connectivity index (χ3n) is 3.72. The predicted molar refractivity (Wildman–Crippen MR) is 87.6 cm³/mol. The normalized spacial score (nSPS) is 12.8. The maximum absolute atomic E-state index is 5.69. The smallest absolute Gasteiger partial charge is 0.0644 e. The fraction of sp³-hybridized carbons (Fsp3) is 0.467. The molecular formula is C15H22BrN5. The highest BCUT2D eigenvalue weighted by atomic mass is 79.9. The van der Waals surface area contributed by atoms with E-state index in [0.717, 1.165) is 35.0 Å². The Kier molecular flexibility index (Phi) is 5.90. The molecule has 0 bridgehead atoms. The molecule has 0 aromatic carbocycles. The van der Waals surface area contributed by atoms with E-state index >= 15 is 0 Å². The van der Waals surface area contributed by atoms with Crippen LogP contribution < -0.4 is 11.3 Å². The number of halogens is 1. The third-order valence-corrected chi connectivity index (χ3v) is 4.16. The van der Waals surface area contributed by atoms with Crippen molar-refractivity contribution >= 4 is 15.9 Å². The third kappa shape index (κ3) is 4.12. The molecule has 5 nitrogen and oxygen atoms in total. The first-order valence-electron chi connectivity index (χ1n) is 7.28. The molecule has 0 amide bonds. The van der Waals surface area contributed by atoms with Crippen molar-refractivity contribution in [1.82, 2.24) is 20.2 Å². The number of hydrogen-bond donors (Lipinski definition) is 2. The molecule has 0 spiro atoms. The number of nitrogens with two attached hydrogens (primary N) is 1. The maximum atomic E-state index is 5.69. The van der Waals surface area contributed by atoms with Gasteiger partial charge in [0, 0.05) is 29.5 Å². The highest BCUT2D eigenvalue weighted by Gasteiger charge is 2.14. The minimum absolute atomic E-state index is 0.0000491. The minimum atomic E-state index is 0.0000491. The van der Waals surface area contributed by atoms with Gasteiger partial charge in [-0.25, -0.2) is 0 Å². The van der Waals surface area contributed by atoms with Crippen molar-refractivity contribution < 1.29 is 0 Å². The summed E-state index contributed by atoms with van der Waals surface area (Å²) in [5.74, 6) is 5.69. The molecule has 114 valence electrons. The summed E-state index contributed by atoms with van der Waals surface area (Å²) in [6.07, 6.45) is 8.56. The number of aromatic nitrogens is 3. The fourth-order valence-electron chi connectivity index (χ4n) is 2.45. The molecule has 0 aliphatic carbocycles. The predicted octanol–water partition coefficient (Wildman–Crippen LogP) is 3.15. The van der Waals surface area contributed by atoms with Gasteiger partial charge in [-0.05, 0) is 46.5 Å². The second-order valence-corrected chi connectivity index (χ2v) is 6.03. The van der Waals surface area contributed by atoms with Crippen molar-refractivity contribution in [3.63, 3.8) is 0 Å². The summed E-state index contributed by atoms with van der Waals surface area (Å²) in [7, 11) is 0. The SMILES string of the molecule is CCC(CC)n1ccc(CC(NN)c2cncc(Br)c2)n1. The summed E-state index contributed by atoms with van der Waals surface area (Å²) in [6.45, 7) is 4.37. The fourth-order valence-corrected chi connectivity index (χ4v) is 2.84. The molecule has 1 atom stereocenters. The van der Waals surface area contributed by atoms with Crippen molar-refractivity contribution in [2.45, 2.75) is 45.2 Å². The first kappa shape index (κ1) is 16.1. The van der Waals surface area contributed by atoms with Crippen LogP contribution in [0.15, 0.2) is 35.2 Å². The molecular weight excluding hydrogens is 330 g/mol. The molecule has 0 aliphatic rings. The van der Waals surface area contributed by atoms with E-state index in [0.29, 0.717) is 6.04 Å². The number of hydrogen-bond acceptors (Lipinski definition) is 4. The molecule has 0 saturated heterocycles. The van der Waals surface area contributed by atoms with Crippen molar-refractivity contribution in [2.24, 2.45) is 5.84 Å². The zero-order valence-corrected chi connectivity index (χ0v) is 14.0. The number of nitrogens with zero attached hydrogens (tertiary/aromatic N) is 3. The highest BCUT2D eigenvalue weighted by Crippen LogP contribution is 2.21. The average Bonchev–Trinajstić information content (AvgIpc) is 2.94. The first-order chi connectivity index (χ1) is 10.2. The Morgan fingerprint density at radius 1 is 1.33 bits per heavy atom. The van der Waals surface area contributed by atoms with Crippen LogP contribution in [0.5, 0.6) is 0 Å². The zero-order chi connectivity index (χ0) is 15.2. The maximum Gasteiger partial charge on any atom is 0.0644 e. The van der Waals surface area contributed by atoms with Gasteiger partial charge < -0.3 is 0 Å². The van der Waals surface area contributed by atoms with E-state index in [9.17, 15) is 0 Å². The van der Waals surface area contributed by atoms with Crippen LogP contribution in [0.2, 0.25) is 0 Å². The largest absolute Gasteiger partial charge is 0.271 e. The Morgan fingerprint density at radius 3 is 2.71 bits per heavy atom. The minimum Gasteiger partial charge on any atom is -0.271 e. The molecule has 0 aliphatic heterocycles. The molecule has 0 fully saturated rings. The van der Waals surface area contributed by atoms with Gasteiger partial charge in [0.2, 0.25) is 0 Å². The second-order valence-electron chi connectivity index (χ2n) is 5.12. The summed E-state index contributed by atoms with van der Waals surface area (Å²) in [6, 6.07) is 4.55.